The van der Waals surface area contributed by atoms with Crippen molar-refractivity contribution >= 4 is 17.6 Å². The molecule has 0 radical (unpaired) electrons. The minimum atomic E-state index is -0.596. The van der Waals surface area contributed by atoms with E-state index in [1.54, 1.807) is 12.1 Å². The van der Waals surface area contributed by atoms with Crippen molar-refractivity contribution in [2.75, 3.05) is 11.9 Å². The number of hydrogen-bond acceptors (Lipinski definition) is 3. The summed E-state index contributed by atoms with van der Waals surface area (Å²) in [5, 5.41) is 8.63. The lowest BCUT2D eigenvalue weighted by Crippen LogP contribution is -2.31. The number of amides is 3. The molecular weight excluding hydrogens is 268 g/mol. The van der Waals surface area contributed by atoms with Crippen LogP contribution in [0.4, 0.5) is 10.5 Å². The summed E-state index contributed by atoms with van der Waals surface area (Å²) in [7, 11) is 0. The number of primary amides is 1. The maximum Gasteiger partial charge on any atom is 0.316 e. The predicted molar refractivity (Wildman–Crippen MR) is 84.0 cm³/mol. The summed E-state index contributed by atoms with van der Waals surface area (Å²) in [6.45, 7) is 6.67. The molecule has 0 aliphatic rings. The zero-order chi connectivity index (χ0) is 15.8. The largest absolute Gasteiger partial charge is 0.351 e. The normalized spacial score (nSPS) is 12.0. The van der Waals surface area contributed by atoms with Gasteiger partial charge in [-0.15, -0.1) is 0 Å². The summed E-state index contributed by atoms with van der Waals surface area (Å²) in [6, 6.07) is 6.90. The second-order valence-electron chi connectivity index (χ2n) is 5.26. The van der Waals surface area contributed by atoms with Crippen molar-refractivity contribution in [2.24, 2.45) is 5.73 Å². The minimum Gasteiger partial charge on any atom is -0.351 e. The fourth-order valence-corrected chi connectivity index (χ4v) is 1.87. The van der Waals surface area contributed by atoms with E-state index in [0.717, 1.165) is 5.56 Å². The zero-order valence-corrected chi connectivity index (χ0v) is 12.8. The number of carbonyl (C=O) groups is 2. The van der Waals surface area contributed by atoms with Crippen molar-refractivity contribution in [3.63, 3.8) is 0 Å². The first-order valence-electron chi connectivity index (χ1n) is 7.07. The van der Waals surface area contributed by atoms with Gasteiger partial charge in [0.1, 0.15) is 0 Å². The van der Waals surface area contributed by atoms with E-state index >= 15 is 0 Å². The van der Waals surface area contributed by atoms with Crippen molar-refractivity contribution in [2.45, 2.75) is 39.3 Å². The van der Waals surface area contributed by atoms with E-state index in [-0.39, 0.29) is 11.9 Å². The van der Waals surface area contributed by atoms with Crippen LogP contribution in [0, 0.1) is 0 Å². The second-order valence-corrected chi connectivity index (χ2v) is 5.26. The van der Waals surface area contributed by atoms with Crippen LogP contribution < -0.4 is 21.7 Å². The number of urea groups is 1. The minimum absolute atomic E-state index is 0.00925. The molecule has 1 atom stereocenters. The third kappa shape index (κ3) is 6.76. The van der Waals surface area contributed by atoms with Gasteiger partial charge in [-0.2, -0.15) is 0 Å². The Morgan fingerprint density at radius 1 is 1.14 bits per heavy atom. The van der Waals surface area contributed by atoms with Crippen LogP contribution in [0.25, 0.3) is 0 Å². The lowest BCUT2D eigenvalue weighted by Gasteiger charge is -2.15. The molecule has 0 aliphatic carbocycles. The smallest absolute Gasteiger partial charge is 0.316 e. The Kier molecular flexibility index (Phi) is 6.68. The maximum atomic E-state index is 11.8. The van der Waals surface area contributed by atoms with E-state index in [1.165, 1.54) is 0 Å². The van der Waals surface area contributed by atoms with Crippen molar-refractivity contribution in [1.29, 1.82) is 0 Å². The Morgan fingerprint density at radius 2 is 1.76 bits per heavy atom. The first kappa shape index (κ1) is 17.0. The molecule has 1 aromatic carbocycles. The summed E-state index contributed by atoms with van der Waals surface area (Å²) in [4.78, 5) is 22.5. The van der Waals surface area contributed by atoms with Gasteiger partial charge in [0.2, 0.25) is 5.91 Å². The molecule has 6 heteroatoms. The molecule has 0 saturated heterocycles. The lowest BCUT2D eigenvalue weighted by molar-refractivity contribution is -0.121. The van der Waals surface area contributed by atoms with Crippen molar-refractivity contribution in [3.05, 3.63) is 29.8 Å². The molecule has 0 aromatic heterocycles. The van der Waals surface area contributed by atoms with Gasteiger partial charge in [-0.25, -0.2) is 4.79 Å². The van der Waals surface area contributed by atoms with E-state index in [2.05, 4.69) is 16.0 Å². The molecule has 0 saturated carbocycles. The number of benzene rings is 1. The quantitative estimate of drug-likeness (QED) is 0.616. The topological polar surface area (TPSA) is 96.2 Å². The summed E-state index contributed by atoms with van der Waals surface area (Å²) in [5.41, 5.74) is 6.64. The van der Waals surface area contributed by atoms with Gasteiger partial charge in [0.15, 0.2) is 0 Å². The molecule has 21 heavy (non-hydrogen) atoms. The fourth-order valence-electron chi connectivity index (χ4n) is 1.87. The predicted octanol–water partition coefficient (Wildman–Crippen LogP) is 1.74. The molecule has 116 valence electrons. The Morgan fingerprint density at radius 3 is 2.29 bits per heavy atom. The molecule has 0 bridgehead atoms. The Labute approximate surface area is 125 Å². The van der Waals surface area contributed by atoms with Gasteiger partial charge in [0.25, 0.3) is 0 Å². The number of carbonyl (C=O) groups excluding carboxylic acids is 2. The monoisotopic (exact) mass is 292 g/mol. The van der Waals surface area contributed by atoms with Gasteiger partial charge in [-0.05, 0) is 24.6 Å². The molecule has 1 rings (SSSR count). The second kappa shape index (κ2) is 8.26. The number of anilines is 1. The first-order chi connectivity index (χ1) is 9.88. The standard InChI is InChI=1S/C15H24N4O2/c1-10(2)17-9-8-14(20)18-11(3)12-4-6-13(7-5-12)19-15(16)21/h4-7,10-11,17H,8-9H2,1-3H3,(H,18,20)(H3,16,19,21). The highest BCUT2D eigenvalue weighted by Gasteiger charge is 2.09. The zero-order valence-electron chi connectivity index (χ0n) is 12.8. The summed E-state index contributed by atoms with van der Waals surface area (Å²) >= 11 is 0. The first-order valence-corrected chi connectivity index (χ1v) is 7.07. The SMILES string of the molecule is CC(C)NCCC(=O)NC(C)c1ccc(NC(N)=O)cc1. The number of rotatable bonds is 7. The van der Waals surface area contributed by atoms with Crippen molar-refractivity contribution in [3.8, 4) is 0 Å². The molecule has 1 aromatic rings. The van der Waals surface area contributed by atoms with Crippen LogP contribution in [0.15, 0.2) is 24.3 Å². The number of hydrogen-bond donors (Lipinski definition) is 4. The van der Waals surface area contributed by atoms with E-state index in [4.69, 9.17) is 5.73 Å². The molecule has 0 aliphatic heterocycles. The van der Waals surface area contributed by atoms with Crippen LogP contribution in [0.1, 0.15) is 38.8 Å². The average molecular weight is 292 g/mol. The highest BCUT2D eigenvalue weighted by molar-refractivity contribution is 5.87. The van der Waals surface area contributed by atoms with E-state index in [9.17, 15) is 9.59 Å². The van der Waals surface area contributed by atoms with Crippen LogP contribution in [0.3, 0.4) is 0 Å². The molecule has 0 fully saturated rings. The van der Waals surface area contributed by atoms with Gasteiger partial charge in [-0.3, -0.25) is 4.79 Å². The van der Waals surface area contributed by atoms with Crippen molar-refractivity contribution in [1.82, 2.24) is 10.6 Å². The molecule has 3 amide bonds. The third-order valence-corrected chi connectivity index (χ3v) is 2.96. The number of nitrogens with one attached hydrogen (secondary N) is 3. The van der Waals surface area contributed by atoms with Gasteiger partial charge in [-0.1, -0.05) is 26.0 Å². The average Bonchev–Trinajstić information content (AvgIpc) is 2.38. The highest BCUT2D eigenvalue weighted by Crippen LogP contribution is 2.16. The van der Waals surface area contributed by atoms with Gasteiger partial charge >= 0.3 is 6.03 Å². The van der Waals surface area contributed by atoms with E-state index in [1.807, 2.05) is 32.9 Å². The Hall–Kier alpha value is -2.08. The fraction of sp³-hybridized carbons (Fsp3) is 0.467. The summed E-state index contributed by atoms with van der Waals surface area (Å²) < 4.78 is 0. The molecule has 5 N–H and O–H groups in total. The Balaban J connectivity index is 2.45. The van der Waals surface area contributed by atoms with Crippen LogP contribution >= 0.6 is 0 Å². The molecule has 6 nitrogen and oxygen atoms in total. The third-order valence-electron chi connectivity index (χ3n) is 2.96. The molecular formula is C15H24N4O2. The Bertz CT molecular complexity index is 471. The van der Waals surface area contributed by atoms with E-state index < -0.39 is 6.03 Å². The van der Waals surface area contributed by atoms with Crippen LogP contribution in [-0.4, -0.2) is 24.5 Å². The summed E-state index contributed by atoms with van der Waals surface area (Å²) in [6.07, 6.45) is 0.448. The van der Waals surface area contributed by atoms with E-state index in [0.29, 0.717) is 24.7 Å². The lowest BCUT2D eigenvalue weighted by atomic mass is 10.1. The molecule has 0 spiro atoms. The molecule has 1 unspecified atom stereocenters. The highest BCUT2D eigenvalue weighted by atomic mass is 16.2. The number of nitrogens with two attached hydrogens (primary N) is 1. The molecule has 0 heterocycles. The summed E-state index contributed by atoms with van der Waals surface area (Å²) in [5.74, 6) is 0.00925. The maximum absolute atomic E-state index is 11.8. The van der Waals surface area contributed by atoms with Crippen LogP contribution in [-0.2, 0) is 4.79 Å². The van der Waals surface area contributed by atoms with Gasteiger partial charge < -0.3 is 21.7 Å². The van der Waals surface area contributed by atoms with Crippen molar-refractivity contribution < 1.29 is 9.59 Å². The van der Waals surface area contributed by atoms with Crippen LogP contribution in [0.2, 0.25) is 0 Å². The van der Waals surface area contributed by atoms with Gasteiger partial charge in [0, 0.05) is 24.7 Å². The van der Waals surface area contributed by atoms with Crippen LogP contribution in [0.5, 0.6) is 0 Å². The van der Waals surface area contributed by atoms with Gasteiger partial charge in [0.05, 0.1) is 6.04 Å².